The molecule has 5 heteroatoms. The lowest BCUT2D eigenvalue weighted by Gasteiger charge is -2.15. The summed E-state index contributed by atoms with van der Waals surface area (Å²) in [6.07, 6.45) is 7.61. The monoisotopic (exact) mass is 237 g/mol. The number of carbonyl (C=O) groups is 1. The van der Waals surface area contributed by atoms with Crippen LogP contribution in [0.1, 0.15) is 50.9 Å². The normalized spacial score (nSPS) is 18.4. The SMILES string of the molecule is CC(CC(=O)O)Cc1nncn1C1CCCC1. The van der Waals surface area contributed by atoms with Gasteiger partial charge in [-0.1, -0.05) is 19.8 Å². The highest BCUT2D eigenvalue weighted by atomic mass is 16.4. The molecule has 1 saturated carbocycles. The van der Waals surface area contributed by atoms with Crippen LogP contribution in [0.3, 0.4) is 0 Å². The van der Waals surface area contributed by atoms with Gasteiger partial charge in [0, 0.05) is 18.9 Å². The third kappa shape index (κ3) is 3.05. The summed E-state index contributed by atoms with van der Waals surface area (Å²) in [6, 6.07) is 0.525. The van der Waals surface area contributed by atoms with Crippen molar-refractivity contribution in [2.75, 3.05) is 0 Å². The van der Waals surface area contributed by atoms with Crippen LogP contribution in [0.25, 0.3) is 0 Å². The first-order valence-corrected chi connectivity index (χ1v) is 6.27. The molecule has 1 atom stereocenters. The zero-order valence-electron chi connectivity index (χ0n) is 10.2. The first kappa shape index (κ1) is 12.1. The Kier molecular flexibility index (Phi) is 3.76. The molecule has 1 heterocycles. The second-order valence-corrected chi connectivity index (χ2v) is 5.00. The Morgan fingerprint density at radius 2 is 2.29 bits per heavy atom. The molecular weight excluding hydrogens is 218 g/mol. The summed E-state index contributed by atoms with van der Waals surface area (Å²) in [5, 5.41) is 16.8. The number of hydrogen-bond acceptors (Lipinski definition) is 3. The summed E-state index contributed by atoms with van der Waals surface area (Å²) in [5.74, 6) is 0.298. The molecule has 0 bridgehead atoms. The minimum atomic E-state index is -0.746. The summed E-state index contributed by atoms with van der Waals surface area (Å²) >= 11 is 0. The highest BCUT2D eigenvalue weighted by Gasteiger charge is 2.21. The molecule has 1 aliphatic rings. The Labute approximate surface area is 101 Å². The smallest absolute Gasteiger partial charge is 0.303 e. The third-order valence-corrected chi connectivity index (χ3v) is 3.42. The maximum absolute atomic E-state index is 10.6. The molecule has 1 aromatic heterocycles. The van der Waals surface area contributed by atoms with Gasteiger partial charge in [0.05, 0.1) is 0 Å². The molecule has 0 aromatic carbocycles. The van der Waals surface area contributed by atoms with Gasteiger partial charge in [-0.3, -0.25) is 4.79 Å². The van der Waals surface area contributed by atoms with Gasteiger partial charge in [0.15, 0.2) is 0 Å². The van der Waals surface area contributed by atoms with Gasteiger partial charge in [-0.2, -0.15) is 0 Å². The number of nitrogens with zero attached hydrogens (tertiary/aromatic N) is 3. The Morgan fingerprint density at radius 3 is 2.94 bits per heavy atom. The summed E-state index contributed by atoms with van der Waals surface area (Å²) < 4.78 is 2.14. The molecule has 0 spiro atoms. The van der Waals surface area contributed by atoms with E-state index < -0.39 is 5.97 Å². The number of hydrogen-bond donors (Lipinski definition) is 1. The van der Waals surface area contributed by atoms with Gasteiger partial charge in [0.25, 0.3) is 0 Å². The minimum absolute atomic E-state index is 0.108. The number of rotatable bonds is 5. The van der Waals surface area contributed by atoms with E-state index in [1.165, 1.54) is 25.7 Å². The van der Waals surface area contributed by atoms with E-state index in [9.17, 15) is 4.79 Å². The molecule has 5 nitrogen and oxygen atoms in total. The molecule has 2 rings (SSSR count). The molecular formula is C12H19N3O2. The maximum atomic E-state index is 10.6. The molecule has 0 saturated heterocycles. The van der Waals surface area contributed by atoms with Crippen LogP contribution in [0.5, 0.6) is 0 Å². The highest BCUT2D eigenvalue weighted by Crippen LogP contribution is 2.30. The Morgan fingerprint density at radius 1 is 1.59 bits per heavy atom. The molecule has 94 valence electrons. The minimum Gasteiger partial charge on any atom is -0.481 e. The van der Waals surface area contributed by atoms with Crippen molar-refractivity contribution in [1.29, 1.82) is 0 Å². The van der Waals surface area contributed by atoms with Crippen molar-refractivity contribution in [2.24, 2.45) is 5.92 Å². The van der Waals surface area contributed by atoms with Crippen LogP contribution in [0.15, 0.2) is 6.33 Å². The van der Waals surface area contributed by atoms with E-state index in [0.717, 1.165) is 5.82 Å². The summed E-state index contributed by atoms with van der Waals surface area (Å²) in [7, 11) is 0. The predicted octanol–water partition coefficient (Wildman–Crippen LogP) is 2.05. The lowest BCUT2D eigenvalue weighted by atomic mass is 10.0. The number of carboxylic acids is 1. The molecule has 17 heavy (non-hydrogen) atoms. The third-order valence-electron chi connectivity index (χ3n) is 3.42. The molecule has 0 aliphatic heterocycles. The predicted molar refractivity (Wildman–Crippen MR) is 62.6 cm³/mol. The van der Waals surface area contributed by atoms with Gasteiger partial charge >= 0.3 is 5.97 Å². The van der Waals surface area contributed by atoms with Crippen molar-refractivity contribution in [2.45, 2.75) is 51.5 Å². The first-order chi connectivity index (χ1) is 8.16. The van der Waals surface area contributed by atoms with E-state index in [-0.39, 0.29) is 12.3 Å². The molecule has 0 amide bonds. The number of aromatic nitrogens is 3. The van der Waals surface area contributed by atoms with E-state index in [2.05, 4.69) is 14.8 Å². The van der Waals surface area contributed by atoms with Gasteiger partial charge in [-0.25, -0.2) is 0 Å². The molecule has 1 N–H and O–H groups in total. The lowest BCUT2D eigenvalue weighted by Crippen LogP contribution is -2.13. The molecule has 0 radical (unpaired) electrons. The largest absolute Gasteiger partial charge is 0.481 e. The van der Waals surface area contributed by atoms with Crippen LogP contribution in [0.4, 0.5) is 0 Å². The Hall–Kier alpha value is -1.39. The molecule has 1 aliphatic carbocycles. The van der Waals surface area contributed by atoms with Crippen LogP contribution in [0.2, 0.25) is 0 Å². The molecule has 1 unspecified atom stereocenters. The van der Waals surface area contributed by atoms with E-state index in [0.29, 0.717) is 12.5 Å². The summed E-state index contributed by atoms with van der Waals surface area (Å²) in [6.45, 7) is 1.95. The molecule has 1 fully saturated rings. The van der Waals surface area contributed by atoms with Gasteiger partial charge in [0.1, 0.15) is 12.2 Å². The average Bonchev–Trinajstić information content (AvgIpc) is 2.84. The fraction of sp³-hybridized carbons (Fsp3) is 0.750. The summed E-state index contributed by atoms with van der Waals surface area (Å²) in [5.41, 5.74) is 0. The fourth-order valence-corrected chi connectivity index (χ4v) is 2.58. The van der Waals surface area contributed by atoms with Crippen LogP contribution in [-0.2, 0) is 11.2 Å². The van der Waals surface area contributed by atoms with E-state index in [1.807, 2.05) is 6.92 Å². The van der Waals surface area contributed by atoms with Crippen molar-refractivity contribution in [3.8, 4) is 0 Å². The van der Waals surface area contributed by atoms with Gasteiger partial charge in [-0.05, 0) is 18.8 Å². The number of carboxylic acid groups (broad SMARTS) is 1. The maximum Gasteiger partial charge on any atom is 0.303 e. The average molecular weight is 237 g/mol. The van der Waals surface area contributed by atoms with Crippen molar-refractivity contribution in [3.63, 3.8) is 0 Å². The van der Waals surface area contributed by atoms with Crippen molar-refractivity contribution < 1.29 is 9.90 Å². The first-order valence-electron chi connectivity index (χ1n) is 6.27. The second kappa shape index (κ2) is 5.29. The van der Waals surface area contributed by atoms with E-state index in [1.54, 1.807) is 6.33 Å². The van der Waals surface area contributed by atoms with Crippen molar-refractivity contribution >= 4 is 5.97 Å². The van der Waals surface area contributed by atoms with Gasteiger partial charge < -0.3 is 9.67 Å². The van der Waals surface area contributed by atoms with E-state index >= 15 is 0 Å². The van der Waals surface area contributed by atoms with Gasteiger partial charge in [-0.15, -0.1) is 10.2 Å². The quantitative estimate of drug-likeness (QED) is 0.851. The zero-order chi connectivity index (χ0) is 12.3. The zero-order valence-corrected chi connectivity index (χ0v) is 10.2. The Bertz CT molecular complexity index is 383. The highest BCUT2D eigenvalue weighted by molar-refractivity contribution is 5.66. The fourth-order valence-electron chi connectivity index (χ4n) is 2.58. The van der Waals surface area contributed by atoms with Gasteiger partial charge in [0.2, 0.25) is 0 Å². The second-order valence-electron chi connectivity index (χ2n) is 5.00. The topological polar surface area (TPSA) is 68.0 Å². The Balaban J connectivity index is 2.00. The van der Waals surface area contributed by atoms with Crippen LogP contribution < -0.4 is 0 Å². The standard InChI is InChI=1S/C12H19N3O2/c1-9(7-12(16)17)6-11-14-13-8-15(11)10-4-2-3-5-10/h8-10H,2-7H2,1H3,(H,16,17). The van der Waals surface area contributed by atoms with Crippen molar-refractivity contribution in [1.82, 2.24) is 14.8 Å². The van der Waals surface area contributed by atoms with Crippen molar-refractivity contribution in [3.05, 3.63) is 12.2 Å². The lowest BCUT2D eigenvalue weighted by molar-refractivity contribution is -0.137. The van der Waals surface area contributed by atoms with Crippen LogP contribution in [-0.4, -0.2) is 25.8 Å². The molecule has 1 aromatic rings. The van der Waals surface area contributed by atoms with Crippen LogP contribution >= 0.6 is 0 Å². The summed E-state index contributed by atoms with van der Waals surface area (Å²) in [4.78, 5) is 10.6. The van der Waals surface area contributed by atoms with Crippen LogP contribution in [0, 0.1) is 5.92 Å². The van der Waals surface area contributed by atoms with E-state index in [4.69, 9.17) is 5.11 Å². The number of aliphatic carboxylic acids is 1.